The summed E-state index contributed by atoms with van der Waals surface area (Å²) >= 11 is 3.45. The SMILES string of the molecule is CCCc1nc(N2CCCN(C(=O)c3ccc(Br)cc3)CC2)c2c(C)nn(-c3ccccc3)c2n1. The molecule has 180 valence electrons. The number of fused-ring (bicyclic) bond motifs is 1. The second kappa shape index (κ2) is 10.2. The van der Waals surface area contributed by atoms with Gasteiger partial charge in [0.25, 0.3) is 5.91 Å². The highest BCUT2D eigenvalue weighted by atomic mass is 79.9. The molecule has 2 aromatic heterocycles. The van der Waals surface area contributed by atoms with Gasteiger partial charge in [0.05, 0.1) is 16.8 Å². The lowest BCUT2D eigenvalue weighted by atomic mass is 10.2. The monoisotopic (exact) mass is 532 g/mol. The lowest BCUT2D eigenvalue weighted by molar-refractivity contribution is 0.0767. The molecule has 1 aliphatic rings. The molecule has 0 atom stereocenters. The molecule has 1 fully saturated rings. The summed E-state index contributed by atoms with van der Waals surface area (Å²) in [4.78, 5) is 27.3. The second-order valence-electron chi connectivity index (χ2n) is 8.88. The highest BCUT2D eigenvalue weighted by Gasteiger charge is 2.25. The molecule has 0 aliphatic carbocycles. The van der Waals surface area contributed by atoms with Gasteiger partial charge < -0.3 is 9.80 Å². The second-order valence-corrected chi connectivity index (χ2v) is 9.80. The molecule has 4 aromatic rings. The number of carbonyl (C=O) groups excluding carboxylic acids is 1. The van der Waals surface area contributed by atoms with Crippen LogP contribution < -0.4 is 4.90 Å². The van der Waals surface area contributed by atoms with Crippen molar-refractivity contribution in [3.05, 3.63) is 76.2 Å². The zero-order valence-corrected chi connectivity index (χ0v) is 21.7. The van der Waals surface area contributed by atoms with E-state index in [4.69, 9.17) is 15.1 Å². The summed E-state index contributed by atoms with van der Waals surface area (Å²) in [6.07, 6.45) is 2.66. The molecule has 8 heteroatoms. The van der Waals surface area contributed by atoms with Crippen molar-refractivity contribution in [3.63, 3.8) is 0 Å². The molecule has 7 nitrogen and oxygen atoms in total. The Morgan fingerprint density at radius 2 is 1.74 bits per heavy atom. The number of hydrogen-bond acceptors (Lipinski definition) is 5. The number of aromatic nitrogens is 4. The fourth-order valence-electron chi connectivity index (χ4n) is 4.63. The van der Waals surface area contributed by atoms with Crippen LogP contribution in [0.4, 0.5) is 5.82 Å². The standard InChI is InChI=1S/C27H29BrN6O/c1-3-8-23-29-25(24-19(2)31-34(26(24)30-23)22-9-5-4-6-10-22)32-15-7-16-33(18-17-32)27(35)20-11-13-21(28)14-12-20/h4-6,9-14H,3,7-8,15-18H2,1-2H3. The Morgan fingerprint density at radius 3 is 2.49 bits per heavy atom. The molecule has 0 N–H and O–H groups in total. The summed E-state index contributed by atoms with van der Waals surface area (Å²) in [5, 5.41) is 5.84. The fourth-order valence-corrected chi connectivity index (χ4v) is 4.89. The number of aryl methyl sites for hydroxylation is 2. The lowest BCUT2D eigenvalue weighted by Crippen LogP contribution is -2.35. The molecule has 0 saturated carbocycles. The van der Waals surface area contributed by atoms with E-state index in [0.717, 1.165) is 83.0 Å². The van der Waals surface area contributed by atoms with Crippen LogP contribution in [0.15, 0.2) is 59.1 Å². The fraction of sp³-hybridized carbons (Fsp3) is 0.333. The molecule has 1 amide bonds. The Labute approximate surface area is 213 Å². The van der Waals surface area contributed by atoms with Crippen molar-refractivity contribution in [1.82, 2.24) is 24.6 Å². The maximum absolute atomic E-state index is 13.1. The third-order valence-electron chi connectivity index (χ3n) is 6.38. The maximum Gasteiger partial charge on any atom is 0.253 e. The molecule has 0 radical (unpaired) electrons. The minimum absolute atomic E-state index is 0.0759. The maximum atomic E-state index is 13.1. The van der Waals surface area contributed by atoms with Crippen LogP contribution in [0.5, 0.6) is 0 Å². The number of carbonyl (C=O) groups is 1. The van der Waals surface area contributed by atoms with Crippen molar-refractivity contribution in [2.45, 2.75) is 33.1 Å². The van der Waals surface area contributed by atoms with Crippen LogP contribution in [-0.2, 0) is 6.42 Å². The molecule has 3 heterocycles. The van der Waals surface area contributed by atoms with Gasteiger partial charge in [-0.15, -0.1) is 0 Å². The van der Waals surface area contributed by atoms with Gasteiger partial charge in [-0.05, 0) is 56.2 Å². The van der Waals surface area contributed by atoms with E-state index in [0.29, 0.717) is 6.54 Å². The largest absolute Gasteiger partial charge is 0.354 e. The van der Waals surface area contributed by atoms with E-state index in [1.165, 1.54) is 0 Å². The van der Waals surface area contributed by atoms with Gasteiger partial charge in [-0.2, -0.15) is 5.10 Å². The summed E-state index contributed by atoms with van der Waals surface area (Å²) in [6, 6.07) is 17.7. The molecule has 1 saturated heterocycles. The van der Waals surface area contributed by atoms with E-state index < -0.39 is 0 Å². The number of nitrogens with zero attached hydrogens (tertiary/aromatic N) is 6. The predicted molar refractivity (Wildman–Crippen MR) is 142 cm³/mol. The zero-order chi connectivity index (χ0) is 24.4. The van der Waals surface area contributed by atoms with Crippen molar-refractivity contribution in [2.75, 3.05) is 31.1 Å². The van der Waals surface area contributed by atoms with Crippen LogP contribution in [0.2, 0.25) is 0 Å². The summed E-state index contributed by atoms with van der Waals surface area (Å²) < 4.78 is 2.90. The quantitative estimate of drug-likeness (QED) is 0.353. The van der Waals surface area contributed by atoms with Gasteiger partial charge in [-0.3, -0.25) is 4.79 Å². The van der Waals surface area contributed by atoms with Gasteiger partial charge >= 0.3 is 0 Å². The first-order valence-electron chi connectivity index (χ1n) is 12.2. The summed E-state index contributed by atoms with van der Waals surface area (Å²) in [7, 11) is 0. The summed E-state index contributed by atoms with van der Waals surface area (Å²) in [5.41, 5.74) is 3.46. The highest BCUT2D eigenvalue weighted by Crippen LogP contribution is 2.30. The number of para-hydroxylation sites is 1. The molecule has 35 heavy (non-hydrogen) atoms. The number of hydrogen-bond donors (Lipinski definition) is 0. The smallest absolute Gasteiger partial charge is 0.253 e. The van der Waals surface area contributed by atoms with Gasteiger partial charge in [0, 0.05) is 42.6 Å². The van der Waals surface area contributed by atoms with E-state index in [9.17, 15) is 4.79 Å². The van der Waals surface area contributed by atoms with Crippen molar-refractivity contribution in [3.8, 4) is 5.69 Å². The lowest BCUT2D eigenvalue weighted by Gasteiger charge is -2.24. The van der Waals surface area contributed by atoms with Crippen molar-refractivity contribution < 1.29 is 4.79 Å². The first kappa shape index (κ1) is 23.5. The van der Waals surface area contributed by atoms with Gasteiger partial charge in [-0.1, -0.05) is 41.1 Å². The zero-order valence-electron chi connectivity index (χ0n) is 20.1. The Balaban J connectivity index is 1.48. The van der Waals surface area contributed by atoms with Crippen LogP contribution in [0.3, 0.4) is 0 Å². The third-order valence-corrected chi connectivity index (χ3v) is 6.91. The Hall–Kier alpha value is -3.26. The molecule has 0 unspecified atom stereocenters. The first-order chi connectivity index (χ1) is 17.0. The van der Waals surface area contributed by atoms with E-state index in [1.807, 2.05) is 71.1 Å². The van der Waals surface area contributed by atoms with E-state index in [-0.39, 0.29) is 5.91 Å². The van der Waals surface area contributed by atoms with Crippen LogP contribution in [-0.4, -0.2) is 56.7 Å². The molecule has 0 bridgehead atoms. The normalized spacial score (nSPS) is 14.4. The number of amides is 1. The third kappa shape index (κ3) is 4.80. The first-order valence-corrected chi connectivity index (χ1v) is 13.0. The van der Waals surface area contributed by atoms with Gasteiger partial charge in [0.15, 0.2) is 5.65 Å². The number of anilines is 1. The molecule has 0 spiro atoms. The van der Waals surface area contributed by atoms with E-state index in [1.54, 1.807) is 0 Å². The number of halogens is 1. The predicted octanol–water partition coefficient (Wildman–Crippen LogP) is 5.19. The van der Waals surface area contributed by atoms with E-state index in [2.05, 4.69) is 27.8 Å². The van der Waals surface area contributed by atoms with Gasteiger partial charge in [-0.25, -0.2) is 14.6 Å². The van der Waals surface area contributed by atoms with Crippen LogP contribution in [0.1, 0.15) is 41.6 Å². The minimum Gasteiger partial charge on any atom is -0.354 e. The van der Waals surface area contributed by atoms with Gasteiger partial charge in [0.2, 0.25) is 0 Å². The average Bonchev–Trinajstić information content (AvgIpc) is 3.04. The molecule has 5 rings (SSSR count). The Morgan fingerprint density at radius 1 is 0.971 bits per heavy atom. The minimum atomic E-state index is 0.0759. The Kier molecular flexibility index (Phi) is 6.81. The highest BCUT2D eigenvalue weighted by molar-refractivity contribution is 9.10. The number of benzene rings is 2. The number of rotatable bonds is 5. The molecule has 1 aliphatic heterocycles. The van der Waals surface area contributed by atoms with E-state index >= 15 is 0 Å². The van der Waals surface area contributed by atoms with Crippen LogP contribution in [0.25, 0.3) is 16.7 Å². The van der Waals surface area contributed by atoms with Crippen LogP contribution in [0, 0.1) is 6.92 Å². The topological polar surface area (TPSA) is 67.2 Å². The Bertz CT molecular complexity index is 1340. The van der Waals surface area contributed by atoms with Crippen molar-refractivity contribution in [2.24, 2.45) is 0 Å². The van der Waals surface area contributed by atoms with Gasteiger partial charge in [0.1, 0.15) is 11.6 Å². The molecule has 2 aromatic carbocycles. The summed E-state index contributed by atoms with van der Waals surface area (Å²) in [5.74, 6) is 1.84. The van der Waals surface area contributed by atoms with Crippen molar-refractivity contribution >= 4 is 38.7 Å². The average molecular weight is 533 g/mol. The summed E-state index contributed by atoms with van der Waals surface area (Å²) in [6.45, 7) is 7.09. The van der Waals surface area contributed by atoms with Crippen molar-refractivity contribution in [1.29, 1.82) is 0 Å². The molecular weight excluding hydrogens is 504 g/mol. The molecular formula is C27H29BrN6O. The van der Waals surface area contributed by atoms with Crippen LogP contribution >= 0.6 is 15.9 Å².